The number of nitrogens with one attached hydrogen (secondary N) is 1. The van der Waals surface area contributed by atoms with Crippen molar-refractivity contribution in [2.24, 2.45) is 5.92 Å². The highest BCUT2D eigenvalue weighted by Gasteiger charge is 2.35. The molecule has 2 unspecified atom stereocenters. The molecule has 0 spiro atoms. The lowest BCUT2D eigenvalue weighted by atomic mass is 10.2. The summed E-state index contributed by atoms with van der Waals surface area (Å²) in [6, 6.07) is 3.69. The summed E-state index contributed by atoms with van der Waals surface area (Å²) < 4.78 is 12.5. The van der Waals surface area contributed by atoms with Crippen LogP contribution in [-0.2, 0) is 0 Å². The van der Waals surface area contributed by atoms with Gasteiger partial charge in [-0.3, -0.25) is 0 Å². The van der Waals surface area contributed by atoms with Crippen molar-refractivity contribution in [1.29, 1.82) is 0 Å². The third-order valence-electron chi connectivity index (χ3n) is 2.64. The van der Waals surface area contributed by atoms with Gasteiger partial charge in [-0.2, -0.15) is 0 Å². The van der Waals surface area contributed by atoms with Gasteiger partial charge in [-0.15, -0.1) is 0 Å². The Balaban J connectivity index is 1.84. The van der Waals surface area contributed by atoms with Gasteiger partial charge >= 0.3 is 0 Å². The van der Waals surface area contributed by atoms with Crippen LogP contribution in [0.5, 0.6) is 0 Å². The number of hydrogen-bond donors (Lipinski definition) is 1. The van der Waals surface area contributed by atoms with Crippen molar-refractivity contribution < 1.29 is 4.39 Å². The van der Waals surface area contributed by atoms with Gasteiger partial charge in [0.1, 0.15) is 11.6 Å². The Morgan fingerprint density at radius 2 is 2.43 bits per heavy atom. The zero-order valence-electron chi connectivity index (χ0n) is 8.33. The second-order valence-corrected chi connectivity index (χ2v) is 3.90. The molecular weight excluding hydrogens is 179 g/mol. The first-order valence-electron chi connectivity index (χ1n) is 5.17. The highest BCUT2D eigenvalue weighted by Crippen LogP contribution is 2.36. The predicted molar refractivity (Wildman–Crippen MR) is 54.6 cm³/mol. The van der Waals surface area contributed by atoms with E-state index in [1.54, 1.807) is 6.07 Å². The van der Waals surface area contributed by atoms with E-state index in [2.05, 4.69) is 17.2 Å². The van der Waals surface area contributed by atoms with Crippen molar-refractivity contribution in [2.75, 3.05) is 5.32 Å². The largest absolute Gasteiger partial charge is 0.367 e. The van der Waals surface area contributed by atoms with Crippen molar-refractivity contribution in [1.82, 2.24) is 4.98 Å². The molecule has 1 aromatic rings. The maximum Gasteiger partial charge on any atom is 0.141 e. The quantitative estimate of drug-likeness (QED) is 0.797. The molecule has 1 aliphatic rings. The van der Waals surface area contributed by atoms with Crippen LogP contribution < -0.4 is 5.32 Å². The number of rotatable bonds is 4. The summed E-state index contributed by atoms with van der Waals surface area (Å²) in [5.74, 6) is 1.30. The zero-order chi connectivity index (χ0) is 9.97. The Labute approximate surface area is 83.6 Å². The maximum absolute atomic E-state index is 12.5. The Morgan fingerprint density at radius 1 is 1.57 bits per heavy atom. The summed E-state index contributed by atoms with van der Waals surface area (Å²) in [5.41, 5.74) is 0. The minimum atomic E-state index is -0.281. The van der Waals surface area contributed by atoms with Gasteiger partial charge in [0.15, 0.2) is 0 Å². The average molecular weight is 194 g/mol. The first-order valence-corrected chi connectivity index (χ1v) is 5.17. The minimum Gasteiger partial charge on any atom is -0.367 e. The van der Waals surface area contributed by atoms with E-state index in [4.69, 9.17) is 0 Å². The summed E-state index contributed by atoms with van der Waals surface area (Å²) >= 11 is 0. The normalized spacial score (nSPS) is 24.7. The van der Waals surface area contributed by atoms with Crippen LogP contribution in [0, 0.1) is 11.7 Å². The minimum absolute atomic E-state index is 0.281. The van der Waals surface area contributed by atoms with E-state index in [0.717, 1.165) is 11.7 Å². The van der Waals surface area contributed by atoms with Gasteiger partial charge in [-0.05, 0) is 30.9 Å². The summed E-state index contributed by atoms with van der Waals surface area (Å²) in [5, 5.41) is 3.30. The monoisotopic (exact) mass is 194 g/mol. The highest BCUT2D eigenvalue weighted by atomic mass is 19.1. The lowest BCUT2D eigenvalue weighted by molar-refractivity contribution is 0.621. The van der Waals surface area contributed by atoms with Gasteiger partial charge in [-0.1, -0.05) is 13.3 Å². The number of halogens is 1. The summed E-state index contributed by atoms with van der Waals surface area (Å²) in [4.78, 5) is 3.97. The van der Waals surface area contributed by atoms with Crippen LogP contribution in [0.1, 0.15) is 26.2 Å². The molecule has 76 valence electrons. The number of pyridine rings is 1. The molecule has 1 fully saturated rings. The molecule has 0 radical (unpaired) electrons. The second kappa shape index (κ2) is 3.95. The Bertz CT molecular complexity index is 297. The van der Waals surface area contributed by atoms with E-state index >= 15 is 0 Å². The van der Waals surface area contributed by atoms with E-state index in [1.807, 2.05) is 0 Å². The fraction of sp³-hybridized carbons (Fsp3) is 0.545. The van der Waals surface area contributed by atoms with Crippen molar-refractivity contribution in [3.63, 3.8) is 0 Å². The topological polar surface area (TPSA) is 24.9 Å². The molecule has 1 N–H and O–H groups in total. The number of hydrogen-bond acceptors (Lipinski definition) is 2. The molecule has 3 heteroatoms. The highest BCUT2D eigenvalue weighted by molar-refractivity contribution is 5.37. The molecule has 2 rings (SSSR count). The van der Waals surface area contributed by atoms with Gasteiger partial charge in [0.25, 0.3) is 0 Å². The number of nitrogens with zero attached hydrogens (tertiary/aromatic N) is 1. The van der Waals surface area contributed by atoms with Crippen LogP contribution in [0.25, 0.3) is 0 Å². The molecule has 0 aliphatic heterocycles. The van der Waals surface area contributed by atoms with Gasteiger partial charge in [0.2, 0.25) is 0 Å². The lowest BCUT2D eigenvalue weighted by Crippen LogP contribution is -2.05. The van der Waals surface area contributed by atoms with Crippen molar-refractivity contribution >= 4 is 5.82 Å². The van der Waals surface area contributed by atoms with Crippen LogP contribution in [0.4, 0.5) is 10.2 Å². The molecule has 2 nitrogen and oxygen atoms in total. The molecule has 0 aromatic carbocycles. The Kier molecular flexibility index (Phi) is 2.66. The third kappa shape index (κ3) is 2.22. The molecule has 2 atom stereocenters. The zero-order valence-corrected chi connectivity index (χ0v) is 8.33. The van der Waals surface area contributed by atoms with Crippen LogP contribution in [0.2, 0.25) is 0 Å². The fourth-order valence-electron chi connectivity index (χ4n) is 1.77. The number of aromatic nitrogens is 1. The molecule has 1 saturated carbocycles. The molecule has 1 aromatic heterocycles. The summed E-state index contributed by atoms with van der Waals surface area (Å²) in [6.45, 7) is 2.20. The van der Waals surface area contributed by atoms with E-state index in [-0.39, 0.29) is 5.82 Å². The van der Waals surface area contributed by atoms with Crippen LogP contribution in [-0.4, -0.2) is 11.0 Å². The molecule has 1 heterocycles. The lowest BCUT2D eigenvalue weighted by Gasteiger charge is -2.03. The third-order valence-corrected chi connectivity index (χ3v) is 2.64. The van der Waals surface area contributed by atoms with Gasteiger partial charge in [0.05, 0.1) is 6.20 Å². The van der Waals surface area contributed by atoms with Crippen LogP contribution >= 0.6 is 0 Å². The van der Waals surface area contributed by atoms with Crippen LogP contribution in [0.3, 0.4) is 0 Å². The fourth-order valence-corrected chi connectivity index (χ4v) is 1.77. The molecule has 14 heavy (non-hydrogen) atoms. The second-order valence-electron chi connectivity index (χ2n) is 3.90. The number of anilines is 1. The molecule has 1 aliphatic carbocycles. The Morgan fingerprint density at radius 3 is 3.07 bits per heavy atom. The van der Waals surface area contributed by atoms with E-state index in [1.165, 1.54) is 31.5 Å². The average Bonchev–Trinajstić information content (AvgIpc) is 2.89. The standard InChI is InChI=1S/C11H15FN2/c1-2-3-8-6-10(8)14-11-5-4-9(12)7-13-11/h4-5,7-8,10H,2-3,6H2,1H3,(H,13,14). The molecule has 0 bridgehead atoms. The van der Waals surface area contributed by atoms with Crippen molar-refractivity contribution in [2.45, 2.75) is 32.2 Å². The van der Waals surface area contributed by atoms with Crippen LogP contribution in [0.15, 0.2) is 18.3 Å². The van der Waals surface area contributed by atoms with E-state index in [9.17, 15) is 4.39 Å². The SMILES string of the molecule is CCCC1CC1Nc1ccc(F)cn1. The van der Waals surface area contributed by atoms with Gasteiger partial charge in [-0.25, -0.2) is 9.37 Å². The van der Waals surface area contributed by atoms with Gasteiger partial charge < -0.3 is 5.32 Å². The van der Waals surface area contributed by atoms with E-state index < -0.39 is 0 Å². The molecular formula is C11H15FN2. The van der Waals surface area contributed by atoms with Crippen molar-refractivity contribution in [3.05, 3.63) is 24.1 Å². The first kappa shape index (κ1) is 9.44. The first-order chi connectivity index (χ1) is 6.79. The molecule has 0 saturated heterocycles. The smallest absolute Gasteiger partial charge is 0.141 e. The predicted octanol–water partition coefficient (Wildman–Crippen LogP) is 2.82. The summed E-state index contributed by atoms with van der Waals surface area (Å²) in [6.07, 6.45) is 4.99. The van der Waals surface area contributed by atoms with Crippen molar-refractivity contribution in [3.8, 4) is 0 Å². The summed E-state index contributed by atoms with van der Waals surface area (Å²) in [7, 11) is 0. The molecule has 0 amide bonds. The maximum atomic E-state index is 12.5. The van der Waals surface area contributed by atoms with E-state index in [0.29, 0.717) is 6.04 Å². The van der Waals surface area contributed by atoms with Gasteiger partial charge in [0, 0.05) is 6.04 Å². The Hall–Kier alpha value is -1.12.